The van der Waals surface area contributed by atoms with E-state index in [1.165, 1.54) is 32.4 Å². The lowest BCUT2D eigenvalue weighted by atomic mass is 10.0. The van der Waals surface area contributed by atoms with Crippen LogP contribution < -0.4 is 0 Å². The van der Waals surface area contributed by atoms with Crippen LogP contribution >= 0.6 is 0 Å². The summed E-state index contributed by atoms with van der Waals surface area (Å²) in [6.45, 7) is 6.09. The molecule has 0 aromatic heterocycles. The van der Waals surface area contributed by atoms with Crippen molar-refractivity contribution in [2.24, 2.45) is 0 Å². The lowest BCUT2D eigenvalue weighted by molar-refractivity contribution is -0.129. The van der Waals surface area contributed by atoms with Gasteiger partial charge in [0.05, 0.1) is 0 Å². The van der Waals surface area contributed by atoms with Crippen LogP contribution in [0.25, 0.3) is 0 Å². The van der Waals surface area contributed by atoms with E-state index in [1.54, 1.807) is 6.92 Å². The predicted octanol–water partition coefficient (Wildman–Crippen LogP) is 1.49. The zero-order valence-corrected chi connectivity index (χ0v) is 10.7. The third-order valence-electron chi connectivity index (χ3n) is 3.79. The highest BCUT2D eigenvalue weighted by molar-refractivity contribution is 5.93. The molecule has 2 aliphatic heterocycles. The zero-order valence-electron chi connectivity index (χ0n) is 10.7. The summed E-state index contributed by atoms with van der Waals surface area (Å²) in [6, 6.07) is 0.398. The number of nitrogens with zero attached hydrogens (tertiary/aromatic N) is 2. The maximum Gasteiger partial charge on any atom is 0.298 e. The van der Waals surface area contributed by atoms with Gasteiger partial charge in [-0.2, -0.15) is 0 Å². The van der Waals surface area contributed by atoms with Crippen LogP contribution in [0.5, 0.6) is 0 Å². The van der Waals surface area contributed by atoms with Crippen LogP contribution in [0.2, 0.25) is 0 Å². The third kappa shape index (κ3) is 3.23. The molecule has 0 aromatic carbocycles. The van der Waals surface area contributed by atoms with Gasteiger partial charge in [0.25, 0.3) is 5.91 Å². The molecule has 0 spiro atoms. The molecule has 1 atom stereocenters. The first kappa shape index (κ1) is 12.4. The Morgan fingerprint density at radius 2 is 1.88 bits per heavy atom. The van der Waals surface area contributed by atoms with Gasteiger partial charge >= 0.3 is 0 Å². The van der Waals surface area contributed by atoms with Gasteiger partial charge in [0.1, 0.15) is 0 Å². The number of likely N-dealkylation sites (tertiary alicyclic amines) is 2. The molecule has 2 heterocycles. The van der Waals surface area contributed by atoms with Gasteiger partial charge in [-0.25, -0.2) is 0 Å². The molecule has 94 valence electrons. The summed E-state index contributed by atoms with van der Waals surface area (Å²) in [5.74, 6) is 5.44. The Kier molecular flexibility index (Phi) is 4.44. The average molecular weight is 234 g/mol. The van der Waals surface area contributed by atoms with Crippen molar-refractivity contribution in [3.05, 3.63) is 0 Å². The average Bonchev–Trinajstić information content (AvgIpc) is 2.83. The molecule has 0 radical (unpaired) electrons. The highest BCUT2D eigenvalue weighted by Gasteiger charge is 2.28. The molecule has 17 heavy (non-hydrogen) atoms. The summed E-state index contributed by atoms with van der Waals surface area (Å²) in [4.78, 5) is 16.4. The van der Waals surface area contributed by atoms with Gasteiger partial charge in [0.15, 0.2) is 0 Å². The van der Waals surface area contributed by atoms with Gasteiger partial charge in [-0.3, -0.25) is 4.79 Å². The Labute approximate surface area is 104 Å². The summed E-state index contributed by atoms with van der Waals surface area (Å²) in [5, 5.41) is 0. The molecule has 3 heteroatoms. The molecule has 2 aliphatic rings. The van der Waals surface area contributed by atoms with E-state index in [1.807, 2.05) is 4.90 Å². The number of hydrogen-bond acceptors (Lipinski definition) is 2. The Bertz CT molecular complexity index is 323. The minimum absolute atomic E-state index is 0.0244. The number of carbonyl (C=O) groups excluding carboxylic acids is 1. The monoisotopic (exact) mass is 234 g/mol. The summed E-state index contributed by atoms with van der Waals surface area (Å²) in [7, 11) is 0. The second kappa shape index (κ2) is 6.07. The van der Waals surface area contributed by atoms with Gasteiger partial charge in [0, 0.05) is 19.1 Å². The summed E-state index contributed by atoms with van der Waals surface area (Å²) >= 11 is 0. The van der Waals surface area contributed by atoms with Crippen molar-refractivity contribution < 1.29 is 4.79 Å². The molecule has 1 amide bonds. The fourth-order valence-corrected chi connectivity index (χ4v) is 2.90. The van der Waals surface area contributed by atoms with Crippen molar-refractivity contribution in [1.29, 1.82) is 0 Å². The molecule has 0 saturated carbocycles. The van der Waals surface area contributed by atoms with E-state index >= 15 is 0 Å². The standard InChI is InChI=1S/C14H22N2O/c1-2-7-14(17)16-11-4-3-8-13(16)12-15-9-5-6-10-15/h13H,3-6,8-12H2,1H3. The SMILES string of the molecule is CC#CC(=O)N1CCCCC1CN1CCCC1. The molecule has 3 nitrogen and oxygen atoms in total. The largest absolute Gasteiger partial charge is 0.328 e. The molecule has 0 aliphatic carbocycles. The lowest BCUT2D eigenvalue weighted by Crippen LogP contribution is -2.48. The van der Waals surface area contributed by atoms with Gasteiger partial charge in [-0.1, -0.05) is 5.92 Å². The molecule has 0 N–H and O–H groups in total. The van der Waals surface area contributed by atoms with E-state index < -0.39 is 0 Å². The van der Waals surface area contributed by atoms with Crippen molar-refractivity contribution in [3.63, 3.8) is 0 Å². The van der Waals surface area contributed by atoms with Crippen LogP contribution in [0.4, 0.5) is 0 Å². The van der Waals surface area contributed by atoms with Gasteiger partial charge < -0.3 is 9.80 Å². The van der Waals surface area contributed by atoms with E-state index in [0.717, 1.165) is 25.9 Å². The number of hydrogen-bond donors (Lipinski definition) is 0. The number of piperidine rings is 1. The smallest absolute Gasteiger partial charge is 0.298 e. The molecule has 2 saturated heterocycles. The Morgan fingerprint density at radius 1 is 1.18 bits per heavy atom. The van der Waals surface area contributed by atoms with Crippen molar-refractivity contribution in [3.8, 4) is 11.8 Å². The molecular weight excluding hydrogens is 212 g/mol. The normalized spacial score (nSPS) is 25.5. The van der Waals surface area contributed by atoms with Crippen LogP contribution in [0, 0.1) is 11.8 Å². The highest BCUT2D eigenvalue weighted by Crippen LogP contribution is 2.19. The van der Waals surface area contributed by atoms with Crippen molar-refractivity contribution in [2.75, 3.05) is 26.2 Å². The van der Waals surface area contributed by atoms with Crippen molar-refractivity contribution >= 4 is 5.91 Å². The first-order valence-corrected chi connectivity index (χ1v) is 6.77. The van der Waals surface area contributed by atoms with Crippen molar-refractivity contribution in [1.82, 2.24) is 9.80 Å². The first-order valence-electron chi connectivity index (χ1n) is 6.77. The van der Waals surface area contributed by atoms with E-state index in [2.05, 4.69) is 16.7 Å². The molecule has 2 fully saturated rings. The Hall–Kier alpha value is -1.01. The maximum absolute atomic E-state index is 11.9. The van der Waals surface area contributed by atoms with Crippen LogP contribution in [0.1, 0.15) is 39.0 Å². The fourth-order valence-electron chi connectivity index (χ4n) is 2.90. The van der Waals surface area contributed by atoms with E-state index in [9.17, 15) is 4.79 Å². The highest BCUT2D eigenvalue weighted by atomic mass is 16.2. The lowest BCUT2D eigenvalue weighted by Gasteiger charge is -2.36. The topological polar surface area (TPSA) is 23.6 Å². The molecule has 0 bridgehead atoms. The summed E-state index contributed by atoms with van der Waals surface area (Å²) < 4.78 is 0. The van der Waals surface area contributed by atoms with Crippen LogP contribution in [-0.2, 0) is 4.79 Å². The summed E-state index contributed by atoms with van der Waals surface area (Å²) in [6.07, 6.45) is 6.16. The van der Waals surface area contributed by atoms with Crippen LogP contribution in [0.3, 0.4) is 0 Å². The first-order chi connectivity index (χ1) is 8.31. The van der Waals surface area contributed by atoms with Gasteiger partial charge in [-0.05, 0) is 58.0 Å². The Balaban J connectivity index is 1.95. The molecular formula is C14H22N2O. The molecule has 0 aromatic rings. The second-order valence-electron chi connectivity index (χ2n) is 5.03. The zero-order chi connectivity index (χ0) is 12.1. The van der Waals surface area contributed by atoms with Crippen LogP contribution in [-0.4, -0.2) is 47.9 Å². The van der Waals surface area contributed by atoms with E-state index in [0.29, 0.717) is 6.04 Å². The van der Waals surface area contributed by atoms with Crippen molar-refractivity contribution in [2.45, 2.75) is 45.1 Å². The van der Waals surface area contributed by atoms with Gasteiger partial charge in [-0.15, -0.1) is 0 Å². The van der Waals surface area contributed by atoms with Crippen LogP contribution in [0.15, 0.2) is 0 Å². The summed E-state index contributed by atoms with van der Waals surface area (Å²) in [5.41, 5.74) is 0. The Morgan fingerprint density at radius 3 is 2.59 bits per heavy atom. The number of carbonyl (C=O) groups is 1. The minimum atomic E-state index is 0.0244. The predicted molar refractivity (Wildman–Crippen MR) is 68.5 cm³/mol. The van der Waals surface area contributed by atoms with E-state index in [4.69, 9.17) is 0 Å². The second-order valence-corrected chi connectivity index (χ2v) is 5.03. The quantitative estimate of drug-likeness (QED) is 0.676. The fraction of sp³-hybridized carbons (Fsp3) is 0.786. The molecule has 1 unspecified atom stereocenters. The van der Waals surface area contributed by atoms with Gasteiger partial charge in [0.2, 0.25) is 0 Å². The third-order valence-corrected chi connectivity index (χ3v) is 3.79. The molecule has 2 rings (SSSR count). The van der Waals surface area contributed by atoms with E-state index in [-0.39, 0.29) is 5.91 Å². The minimum Gasteiger partial charge on any atom is -0.328 e. The number of amides is 1. The maximum atomic E-state index is 11.9. The number of rotatable bonds is 2.